The van der Waals surface area contributed by atoms with Crippen molar-refractivity contribution in [1.82, 2.24) is 15.0 Å². The van der Waals surface area contributed by atoms with E-state index in [1.54, 1.807) is 11.0 Å². The Hall–Kier alpha value is -2.53. The highest BCUT2D eigenvalue weighted by Crippen LogP contribution is 2.39. The molecule has 25 heavy (non-hydrogen) atoms. The predicted molar refractivity (Wildman–Crippen MR) is 84.9 cm³/mol. The molecular weight excluding hydrogens is 328 g/mol. The normalized spacial score (nSPS) is 21.4. The highest BCUT2D eigenvalue weighted by Gasteiger charge is 2.35. The molecule has 2 heterocycles. The maximum Gasteiger partial charge on any atom is 0.245 e. The molecule has 2 fully saturated rings. The molecule has 0 radical (unpaired) electrons. The lowest BCUT2D eigenvalue weighted by atomic mass is 10.1. The Bertz CT molecular complexity index is 819. The first-order valence-corrected chi connectivity index (χ1v) is 8.24. The summed E-state index contributed by atoms with van der Waals surface area (Å²) in [5.41, 5.74) is -0.144. The second-order valence-corrected chi connectivity index (χ2v) is 6.61. The SMILES string of the molecule is CN1CCN(c2c(F)cc(C#N)cc2F)CC1c1nc(C2CC2)no1. The summed E-state index contributed by atoms with van der Waals surface area (Å²) in [7, 11) is 1.93. The second-order valence-electron chi connectivity index (χ2n) is 6.61. The van der Waals surface area contributed by atoms with E-state index in [4.69, 9.17) is 9.78 Å². The van der Waals surface area contributed by atoms with E-state index in [0.29, 0.717) is 31.4 Å². The number of piperazine rings is 1. The van der Waals surface area contributed by atoms with Gasteiger partial charge in [-0.2, -0.15) is 10.2 Å². The Kier molecular flexibility index (Phi) is 3.88. The third kappa shape index (κ3) is 2.96. The molecule has 1 atom stereocenters. The number of hydrogen-bond acceptors (Lipinski definition) is 6. The van der Waals surface area contributed by atoms with Gasteiger partial charge in [0.05, 0.1) is 11.6 Å². The first kappa shape index (κ1) is 16.0. The fourth-order valence-electron chi connectivity index (χ4n) is 3.17. The molecule has 1 unspecified atom stereocenters. The largest absolute Gasteiger partial charge is 0.363 e. The van der Waals surface area contributed by atoms with Gasteiger partial charge in [0.15, 0.2) is 17.5 Å². The van der Waals surface area contributed by atoms with E-state index < -0.39 is 11.6 Å². The molecule has 0 bridgehead atoms. The zero-order valence-corrected chi connectivity index (χ0v) is 13.7. The number of rotatable bonds is 3. The lowest BCUT2D eigenvalue weighted by molar-refractivity contribution is 0.177. The van der Waals surface area contributed by atoms with Crippen LogP contribution in [0.5, 0.6) is 0 Å². The minimum absolute atomic E-state index is 0.0320. The average Bonchev–Trinajstić information content (AvgIpc) is 3.33. The van der Waals surface area contributed by atoms with Crippen LogP contribution >= 0.6 is 0 Å². The first-order valence-electron chi connectivity index (χ1n) is 8.24. The zero-order valence-electron chi connectivity index (χ0n) is 13.7. The van der Waals surface area contributed by atoms with Crippen LogP contribution in [0.25, 0.3) is 0 Å². The highest BCUT2D eigenvalue weighted by molar-refractivity contribution is 5.53. The van der Waals surface area contributed by atoms with Gasteiger partial charge in [-0.1, -0.05) is 5.16 Å². The third-order valence-corrected chi connectivity index (χ3v) is 4.80. The molecule has 1 aromatic carbocycles. The van der Waals surface area contributed by atoms with E-state index in [1.807, 2.05) is 11.9 Å². The predicted octanol–water partition coefficient (Wildman–Crippen LogP) is 2.59. The molecule has 4 rings (SSSR count). The fraction of sp³-hybridized carbons (Fsp3) is 0.471. The molecule has 6 nitrogen and oxygen atoms in total. The molecule has 2 aromatic rings. The summed E-state index contributed by atoms with van der Waals surface area (Å²) in [6, 6.07) is 3.64. The smallest absolute Gasteiger partial charge is 0.245 e. The van der Waals surface area contributed by atoms with Crippen LogP contribution in [0.1, 0.15) is 42.1 Å². The van der Waals surface area contributed by atoms with Gasteiger partial charge in [0.2, 0.25) is 5.89 Å². The first-order chi connectivity index (χ1) is 12.1. The summed E-state index contributed by atoms with van der Waals surface area (Å²) >= 11 is 0. The highest BCUT2D eigenvalue weighted by atomic mass is 19.1. The van der Waals surface area contributed by atoms with E-state index in [9.17, 15) is 8.78 Å². The van der Waals surface area contributed by atoms with Crippen molar-refractivity contribution in [3.8, 4) is 6.07 Å². The molecule has 1 saturated heterocycles. The average molecular weight is 345 g/mol. The topological polar surface area (TPSA) is 69.2 Å². The van der Waals surface area contributed by atoms with Gasteiger partial charge in [-0.15, -0.1) is 0 Å². The molecule has 1 aliphatic carbocycles. The molecule has 0 amide bonds. The number of nitrogens with zero attached hydrogens (tertiary/aromatic N) is 5. The van der Waals surface area contributed by atoms with Crippen LogP contribution in [0.2, 0.25) is 0 Å². The molecule has 2 aliphatic rings. The third-order valence-electron chi connectivity index (χ3n) is 4.80. The summed E-state index contributed by atoms with van der Waals surface area (Å²) < 4.78 is 34.1. The van der Waals surface area contributed by atoms with Crippen LogP contribution in [0.3, 0.4) is 0 Å². The van der Waals surface area contributed by atoms with E-state index >= 15 is 0 Å². The van der Waals surface area contributed by atoms with Gasteiger partial charge in [0.1, 0.15) is 11.7 Å². The lowest BCUT2D eigenvalue weighted by Gasteiger charge is -2.39. The molecule has 0 N–H and O–H groups in total. The van der Waals surface area contributed by atoms with E-state index in [1.165, 1.54) is 0 Å². The van der Waals surface area contributed by atoms with E-state index in [-0.39, 0.29) is 17.3 Å². The van der Waals surface area contributed by atoms with Crippen LogP contribution in [0.15, 0.2) is 16.7 Å². The van der Waals surface area contributed by atoms with Crippen molar-refractivity contribution in [3.63, 3.8) is 0 Å². The number of hydrogen-bond donors (Lipinski definition) is 0. The Morgan fingerprint density at radius 1 is 1.24 bits per heavy atom. The number of aromatic nitrogens is 2. The van der Waals surface area contributed by atoms with Crippen molar-refractivity contribution in [1.29, 1.82) is 5.26 Å². The Labute approximate surface area is 143 Å². The van der Waals surface area contributed by atoms with Crippen LogP contribution in [-0.4, -0.2) is 41.7 Å². The van der Waals surface area contributed by atoms with Crippen molar-refractivity contribution in [3.05, 3.63) is 41.0 Å². The summed E-state index contributed by atoms with van der Waals surface area (Å²) in [4.78, 5) is 8.15. The lowest BCUT2D eigenvalue weighted by Crippen LogP contribution is -2.47. The minimum atomic E-state index is -0.732. The minimum Gasteiger partial charge on any atom is -0.363 e. The number of nitriles is 1. The quantitative estimate of drug-likeness (QED) is 0.852. The van der Waals surface area contributed by atoms with Crippen LogP contribution in [0.4, 0.5) is 14.5 Å². The maximum absolute atomic E-state index is 14.3. The zero-order chi connectivity index (χ0) is 17.6. The molecule has 1 saturated carbocycles. The van der Waals surface area contributed by atoms with Gasteiger partial charge < -0.3 is 9.42 Å². The summed E-state index contributed by atoms with van der Waals surface area (Å²) in [5, 5.41) is 12.9. The van der Waals surface area contributed by atoms with Gasteiger partial charge in [-0.25, -0.2) is 8.78 Å². The Morgan fingerprint density at radius 2 is 1.96 bits per heavy atom. The standard InChI is InChI=1S/C17H17F2N5O/c1-23-4-5-24(15-12(18)6-10(8-20)7-13(15)19)9-14(23)17-21-16(22-25-17)11-2-3-11/h6-7,11,14H,2-5,9H2,1H3. The Balaban J connectivity index is 1.61. The van der Waals surface area contributed by atoms with Crippen molar-refractivity contribution < 1.29 is 13.3 Å². The molecule has 130 valence electrons. The number of likely N-dealkylation sites (N-methyl/N-ethyl adjacent to an activating group) is 1. The second kappa shape index (κ2) is 6.08. The molecule has 1 aromatic heterocycles. The number of anilines is 1. The van der Waals surface area contributed by atoms with Gasteiger partial charge in [0, 0.05) is 25.6 Å². The van der Waals surface area contributed by atoms with Crippen molar-refractivity contribution in [2.45, 2.75) is 24.8 Å². The van der Waals surface area contributed by atoms with Crippen molar-refractivity contribution in [2.24, 2.45) is 0 Å². The van der Waals surface area contributed by atoms with Crippen molar-refractivity contribution in [2.75, 3.05) is 31.6 Å². The van der Waals surface area contributed by atoms with Crippen molar-refractivity contribution >= 4 is 5.69 Å². The van der Waals surface area contributed by atoms with Gasteiger partial charge >= 0.3 is 0 Å². The van der Waals surface area contributed by atoms with Crippen LogP contribution in [-0.2, 0) is 0 Å². The van der Waals surface area contributed by atoms with Crippen LogP contribution < -0.4 is 4.90 Å². The fourth-order valence-corrected chi connectivity index (χ4v) is 3.17. The molecule has 0 spiro atoms. The summed E-state index contributed by atoms with van der Waals surface area (Å²) in [6.45, 7) is 1.41. The number of benzene rings is 1. The molecule has 1 aliphatic heterocycles. The van der Waals surface area contributed by atoms with Gasteiger partial charge in [-0.05, 0) is 32.0 Å². The Morgan fingerprint density at radius 3 is 2.60 bits per heavy atom. The monoisotopic (exact) mass is 345 g/mol. The molecular formula is C17H17F2N5O. The summed E-state index contributed by atoms with van der Waals surface area (Å²) in [6.07, 6.45) is 2.15. The van der Waals surface area contributed by atoms with Gasteiger partial charge in [0.25, 0.3) is 0 Å². The molecule has 8 heteroatoms. The van der Waals surface area contributed by atoms with Crippen LogP contribution in [0, 0.1) is 23.0 Å². The number of halogens is 2. The summed E-state index contributed by atoms with van der Waals surface area (Å²) in [5.74, 6) is 0.115. The van der Waals surface area contributed by atoms with E-state index in [0.717, 1.165) is 30.8 Å². The maximum atomic E-state index is 14.3. The van der Waals surface area contributed by atoms with Gasteiger partial charge in [-0.3, -0.25) is 4.90 Å². The van der Waals surface area contributed by atoms with E-state index in [2.05, 4.69) is 10.1 Å².